The molecule has 20 heterocycles. The normalized spacial score (nSPS) is 24.3. The maximum Gasteiger partial charge on any atom is 0.256 e. The fourth-order valence-corrected chi connectivity index (χ4v) is 18.8. The summed E-state index contributed by atoms with van der Waals surface area (Å²) in [5.41, 5.74) is 13.5. The van der Waals surface area contributed by atoms with Gasteiger partial charge >= 0.3 is 0 Å². The van der Waals surface area contributed by atoms with Crippen LogP contribution in [0.15, 0.2) is 147 Å². The van der Waals surface area contributed by atoms with E-state index in [0.29, 0.717) is 145 Å². The van der Waals surface area contributed by atoms with Crippen molar-refractivity contribution in [2.24, 2.45) is 23.7 Å². The Morgan fingerprint density at radius 2 is 0.630 bits per heavy atom. The molecule has 10 N–H and O–H groups in total. The molecule has 4 aliphatic carbocycles. The van der Waals surface area contributed by atoms with Gasteiger partial charge in [-0.2, -0.15) is 38.5 Å². The number of pyridine rings is 4. The van der Waals surface area contributed by atoms with Crippen molar-refractivity contribution in [1.82, 2.24) is 118 Å². The first kappa shape index (κ1) is 87.6. The zero-order valence-electron chi connectivity index (χ0n) is 76.2. The van der Waals surface area contributed by atoms with E-state index in [1.807, 2.05) is 123 Å². The van der Waals surface area contributed by atoms with Gasteiger partial charge < -0.3 is 99.4 Å². The fraction of sp³-hybridized carbons (Fsp3) is 0.411. The lowest BCUT2D eigenvalue weighted by Gasteiger charge is -2.29. The summed E-state index contributed by atoms with van der Waals surface area (Å²) in [6.45, 7) is 12.3. The topological polar surface area (TPSA) is 452 Å². The summed E-state index contributed by atoms with van der Waals surface area (Å²) in [5, 5.41) is 67.4. The average Bonchev–Trinajstić information content (AvgIpc) is 1.60. The molecule has 40 heteroatoms. The Bertz CT molecular complexity index is 6780. The molecule has 8 fully saturated rings. The summed E-state index contributed by atoms with van der Waals surface area (Å²) in [4.78, 5) is 89.8. The second kappa shape index (κ2) is 36.1. The molecule has 135 heavy (non-hydrogen) atoms. The summed E-state index contributed by atoms with van der Waals surface area (Å²) in [6.07, 6.45) is 24.8. The number of hydrogen-bond acceptors (Lipinski definition) is 28. The third kappa shape index (κ3) is 16.4. The van der Waals surface area contributed by atoms with Crippen LogP contribution >= 0.6 is 0 Å². The average molecular weight is 1830 g/mol. The molecule has 4 saturated carbocycles. The molecule has 698 valence electrons. The van der Waals surface area contributed by atoms with Crippen molar-refractivity contribution in [3.8, 4) is 45.0 Å². The summed E-state index contributed by atoms with van der Waals surface area (Å²) < 4.78 is 48.5. The molecule has 16 aromatic heterocycles. The number of carbonyl (C=O) groups excluding carboxylic acids is 4. The van der Waals surface area contributed by atoms with Gasteiger partial charge in [-0.25, -0.2) is 39.9 Å². The molecule has 0 bridgehead atoms. The molecular formula is C95H106N28O12. The molecule has 40 nitrogen and oxygen atoms in total. The van der Waals surface area contributed by atoms with E-state index in [0.717, 1.165) is 121 Å². The van der Waals surface area contributed by atoms with Crippen LogP contribution in [0.5, 0.6) is 0 Å². The third-order valence-electron chi connectivity index (χ3n) is 27.4. The Kier molecular flexibility index (Phi) is 23.4. The van der Waals surface area contributed by atoms with Gasteiger partial charge in [-0.15, -0.1) is 0 Å². The number of anilines is 4. The monoisotopic (exact) mass is 1830 g/mol. The Morgan fingerprint density at radius 3 is 0.896 bits per heavy atom. The third-order valence-corrected chi connectivity index (χ3v) is 27.4. The van der Waals surface area contributed by atoms with Gasteiger partial charge in [0.2, 0.25) is 0 Å². The predicted molar refractivity (Wildman–Crippen MR) is 503 cm³/mol. The highest BCUT2D eigenvalue weighted by molar-refractivity contribution is 6.05. The van der Waals surface area contributed by atoms with Crippen molar-refractivity contribution in [2.45, 2.75) is 133 Å². The maximum absolute atomic E-state index is 13.0. The minimum Gasteiger partial charge on any atom is -0.389 e. The van der Waals surface area contributed by atoms with Crippen LogP contribution in [-0.4, -0.2) is 274 Å². The van der Waals surface area contributed by atoms with Crippen LogP contribution in [0.2, 0.25) is 0 Å². The molecule has 8 aliphatic rings. The number of methoxy groups -OCH3 is 2. The van der Waals surface area contributed by atoms with Gasteiger partial charge in [0, 0.05) is 191 Å². The van der Waals surface area contributed by atoms with Gasteiger partial charge in [-0.1, -0.05) is 27.7 Å². The van der Waals surface area contributed by atoms with Crippen molar-refractivity contribution in [1.29, 1.82) is 0 Å². The van der Waals surface area contributed by atoms with Crippen molar-refractivity contribution in [3.05, 3.63) is 169 Å². The summed E-state index contributed by atoms with van der Waals surface area (Å²) in [5.74, 6) is 4.31. The lowest BCUT2D eigenvalue weighted by molar-refractivity contribution is -0.0375. The Balaban J connectivity index is 0.000000108. The Hall–Kier alpha value is -14.0. The molecule has 16 atom stereocenters. The number of ether oxygens (including phenoxy) is 6. The number of nitrogens with one attached hydrogen (secondary N) is 8. The first-order valence-electron chi connectivity index (χ1n) is 45.8. The van der Waals surface area contributed by atoms with E-state index in [4.69, 9.17) is 48.4 Å². The largest absolute Gasteiger partial charge is 0.389 e. The highest BCUT2D eigenvalue weighted by atomic mass is 16.5. The summed E-state index contributed by atoms with van der Waals surface area (Å²) in [7, 11) is 10.7. The summed E-state index contributed by atoms with van der Waals surface area (Å²) >= 11 is 0. The van der Waals surface area contributed by atoms with Gasteiger partial charge in [0.05, 0.1) is 124 Å². The van der Waals surface area contributed by atoms with Gasteiger partial charge in [-0.05, 0) is 104 Å². The van der Waals surface area contributed by atoms with Crippen LogP contribution in [0.1, 0.15) is 125 Å². The molecule has 0 unspecified atom stereocenters. The lowest BCUT2D eigenvalue weighted by Crippen LogP contribution is -2.34. The van der Waals surface area contributed by atoms with E-state index in [-0.39, 0.29) is 84.2 Å². The van der Waals surface area contributed by atoms with Crippen LogP contribution in [-0.2, 0) is 28.4 Å². The van der Waals surface area contributed by atoms with Crippen LogP contribution in [0.3, 0.4) is 0 Å². The van der Waals surface area contributed by atoms with Crippen molar-refractivity contribution in [3.63, 3.8) is 0 Å². The smallest absolute Gasteiger partial charge is 0.256 e. The molecular weight excluding hydrogens is 1730 g/mol. The summed E-state index contributed by atoms with van der Waals surface area (Å²) in [6, 6.07) is 23.9. The SMILES string of the molecule is CNc1cc(-c2cn([C@@H]3CCOC[C@H]3O)c3ncccc23)nc2c(C(=O)N[C@@H]3C[C@@H]3C)cnn12.CNc1cc(-c2cn([C@@H]3COC[C@H]3O)c3ncccc23)nc2c(C(=O)N[C@@H]3C[C@@H]3C)cnn12.CNc1cc(-c2cn([C@@H]3COC[C@H]3OC)c3ncccc23)nc2c(C(=O)N[C@@H]3C[C@@H]3C)cnn12.CNc1cc(-c2cn([C@H]3COC[C@@H]3OC)c3ncccc23)nc2c(C(=O)N[C@@H]3C[C@@H]3C)cnn12. The molecule has 0 radical (unpaired) electrons. The van der Waals surface area contributed by atoms with E-state index in [9.17, 15) is 29.4 Å². The number of amides is 4. The van der Waals surface area contributed by atoms with E-state index in [1.165, 1.54) is 0 Å². The minimum atomic E-state index is -0.613. The number of fused-ring (bicyclic) bond motifs is 8. The quantitative estimate of drug-likeness (QED) is 0.0302. The molecule has 0 spiro atoms. The van der Waals surface area contributed by atoms with Crippen molar-refractivity contribution < 1.29 is 57.8 Å². The maximum atomic E-state index is 13.0. The minimum absolute atomic E-state index is 0.0143. The standard InChI is InChI=1S/3C24H27N7O3.C23H25N7O3/c2*1-13-7-17(13)29-24(32)15-9-27-31-21(25-2)8-18(28-23(15)31)16-10-30(19-11-34-12-20(19)33-3)22-14(16)5-4-6-26-22;1-13-8-17(13)29-24(33)15-10-27-31-21(25-2)9-18(28-23(15)31)16-11-30(19-5-7-34-12-20(19)32)22-14(16)4-3-6-26-22;1-12-6-16(12)28-23(32)14-8-26-30-20(24-2)7-17(27-22(14)30)15-9-29(18-10-33-11-19(18)31)21-13(15)4-3-5-25-21/h2*4-6,8-10,13,17,19-20,25H,7,11-12H2,1-3H3,(H,29,32);3-4,6,9-11,13,17,19-20,25,32H,5,7-8,12H2,1-2H3,(H,29,33);3-5,7-9,12,16,18-19,24,31H,6,10-11H2,1-2H3,(H,28,32)/t13-,17+,19+,20+;13-,17+,19-,20-;13-,17+,19+,20+;12-,16+,18+,19+/m0000/s1. The van der Waals surface area contributed by atoms with Crippen LogP contribution in [0, 0.1) is 23.7 Å². The number of carbonyl (C=O) groups is 4. The number of aliphatic hydroxyl groups is 2. The second-order valence-electron chi connectivity index (χ2n) is 36.2. The van der Waals surface area contributed by atoms with Crippen LogP contribution in [0.4, 0.5) is 23.3 Å². The molecule has 16 aromatic rings. The molecule has 4 aliphatic heterocycles. The van der Waals surface area contributed by atoms with Gasteiger partial charge in [0.15, 0.2) is 22.6 Å². The molecule has 0 aromatic carbocycles. The fourth-order valence-electron chi connectivity index (χ4n) is 18.8. The van der Waals surface area contributed by atoms with Crippen molar-refractivity contribution >= 4 is 114 Å². The van der Waals surface area contributed by atoms with Crippen molar-refractivity contribution in [2.75, 3.05) is 117 Å². The number of rotatable bonds is 22. The first-order valence-corrected chi connectivity index (χ1v) is 45.8. The highest BCUT2D eigenvalue weighted by Gasteiger charge is 2.42. The number of hydrogen-bond donors (Lipinski definition) is 10. The van der Waals surface area contributed by atoms with Gasteiger partial charge in [0.1, 0.15) is 86.4 Å². The molecule has 4 saturated heterocycles. The highest BCUT2D eigenvalue weighted by Crippen LogP contribution is 2.43. The number of aromatic nitrogens is 20. The Morgan fingerprint density at radius 1 is 0.363 bits per heavy atom. The molecule has 24 rings (SSSR count). The number of nitrogens with zero attached hydrogens (tertiary/aromatic N) is 20. The van der Waals surface area contributed by atoms with Crippen LogP contribution in [0.25, 0.3) is 112 Å². The van der Waals surface area contributed by atoms with Gasteiger partial charge in [-0.3, -0.25) is 19.2 Å². The van der Waals surface area contributed by atoms with Gasteiger partial charge in [0.25, 0.3) is 23.6 Å². The zero-order valence-corrected chi connectivity index (χ0v) is 76.2. The number of aliphatic hydroxyl groups excluding tert-OH is 2. The first-order chi connectivity index (χ1) is 65.8. The predicted octanol–water partition coefficient (Wildman–Crippen LogP) is 9.13. The van der Waals surface area contributed by atoms with E-state index in [2.05, 4.69) is 132 Å². The lowest BCUT2D eigenvalue weighted by atomic mass is 10.1. The zero-order chi connectivity index (χ0) is 92.9. The second-order valence-corrected chi connectivity index (χ2v) is 36.2. The Labute approximate surface area is 772 Å². The van der Waals surface area contributed by atoms with E-state index in [1.54, 1.807) is 81.9 Å². The molecule has 4 amide bonds. The van der Waals surface area contributed by atoms with Crippen LogP contribution < -0.4 is 42.5 Å². The van der Waals surface area contributed by atoms with E-state index < -0.39 is 12.2 Å². The van der Waals surface area contributed by atoms with E-state index >= 15 is 0 Å².